The average Bonchev–Trinajstić information content (AvgIpc) is 2.85. The Hall–Kier alpha value is -2.31. The minimum absolute atomic E-state index is 0.0453. The van der Waals surface area contributed by atoms with Crippen molar-refractivity contribution in [2.75, 3.05) is 11.1 Å². The van der Waals surface area contributed by atoms with Gasteiger partial charge in [0.15, 0.2) is 0 Å². The number of ether oxygens (including phenoxy) is 1. The second kappa shape index (κ2) is 5.36. The van der Waals surface area contributed by atoms with Crippen molar-refractivity contribution in [2.45, 2.75) is 39.3 Å². The molecule has 2 rings (SSSR count). The Bertz CT molecular complexity index is 561. The molecule has 4 N–H and O–H groups in total. The fourth-order valence-corrected chi connectivity index (χ4v) is 1.62. The molecule has 0 saturated heterocycles. The van der Waals surface area contributed by atoms with E-state index < -0.39 is 0 Å². The Morgan fingerprint density at radius 1 is 1.35 bits per heavy atom. The zero-order chi connectivity index (χ0) is 14.8. The van der Waals surface area contributed by atoms with E-state index in [4.69, 9.17) is 10.5 Å². The largest absolute Gasteiger partial charge is 0.470 e. The van der Waals surface area contributed by atoms with E-state index in [1.165, 1.54) is 6.33 Å². The van der Waals surface area contributed by atoms with E-state index in [1.807, 2.05) is 27.7 Å². The van der Waals surface area contributed by atoms with Gasteiger partial charge in [0.1, 0.15) is 23.6 Å². The van der Waals surface area contributed by atoms with Crippen LogP contribution in [0.4, 0.5) is 11.5 Å². The van der Waals surface area contributed by atoms with Gasteiger partial charge in [-0.15, -0.1) is 0 Å². The van der Waals surface area contributed by atoms with Crippen LogP contribution in [0.2, 0.25) is 0 Å². The molecule has 0 aliphatic carbocycles. The van der Waals surface area contributed by atoms with Crippen molar-refractivity contribution in [2.24, 2.45) is 0 Å². The molecule has 0 aliphatic rings. The standard InChI is InChI=1S/C13H20N6O/c1-8(11-15-7-16-19-11)17-10-6-5-9(14)12(18-10)20-13(2,3)4/h5-8H,14H2,1-4H3,(H,17,18)(H,15,16,19). The van der Waals surface area contributed by atoms with Crippen LogP contribution in [-0.4, -0.2) is 25.8 Å². The fraction of sp³-hybridized carbons (Fsp3) is 0.462. The molecule has 0 aromatic carbocycles. The van der Waals surface area contributed by atoms with Crippen molar-refractivity contribution in [1.29, 1.82) is 0 Å². The fourth-order valence-electron chi connectivity index (χ4n) is 1.62. The molecule has 7 nitrogen and oxygen atoms in total. The Morgan fingerprint density at radius 3 is 2.70 bits per heavy atom. The van der Waals surface area contributed by atoms with Crippen LogP contribution in [0.25, 0.3) is 0 Å². The van der Waals surface area contributed by atoms with Crippen molar-refractivity contribution < 1.29 is 4.74 Å². The van der Waals surface area contributed by atoms with E-state index in [9.17, 15) is 0 Å². The number of nitrogens with zero attached hydrogens (tertiary/aromatic N) is 3. The van der Waals surface area contributed by atoms with E-state index >= 15 is 0 Å². The molecule has 2 aromatic heterocycles. The van der Waals surface area contributed by atoms with Crippen molar-refractivity contribution in [3.05, 3.63) is 24.3 Å². The van der Waals surface area contributed by atoms with Crippen LogP contribution in [0.1, 0.15) is 39.6 Å². The van der Waals surface area contributed by atoms with Gasteiger partial charge in [-0.1, -0.05) is 0 Å². The van der Waals surface area contributed by atoms with Crippen molar-refractivity contribution in [3.8, 4) is 5.88 Å². The van der Waals surface area contributed by atoms with Crippen LogP contribution in [0.3, 0.4) is 0 Å². The molecule has 7 heteroatoms. The quantitative estimate of drug-likeness (QED) is 0.790. The Morgan fingerprint density at radius 2 is 2.10 bits per heavy atom. The first-order valence-electron chi connectivity index (χ1n) is 6.42. The minimum atomic E-state index is -0.351. The smallest absolute Gasteiger partial charge is 0.239 e. The highest BCUT2D eigenvalue weighted by atomic mass is 16.5. The number of aromatic nitrogens is 4. The monoisotopic (exact) mass is 276 g/mol. The maximum absolute atomic E-state index is 5.88. The highest BCUT2D eigenvalue weighted by molar-refractivity contribution is 5.54. The summed E-state index contributed by atoms with van der Waals surface area (Å²) in [6, 6.07) is 3.53. The van der Waals surface area contributed by atoms with Gasteiger partial charge in [-0.25, -0.2) is 4.98 Å². The number of nitrogens with two attached hydrogens (primary N) is 1. The molecule has 2 heterocycles. The first-order valence-corrected chi connectivity index (χ1v) is 6.42. The van der Waals surface area contributed by atoms with E-state index in [2.05, 4.69) is 25.5 Å². The highest BCUT2D eigenvalue weighted by Gasteiger charge is 2.16. The third-order valence-corrected chi connectivity index (χ3v) is 2.50. The lowest BCUT2D eigenvalue weighted by Gasteiger charge is -2.22. The van der Waals surface area contributed by atoms with Gasteiger partial charge in [-0.05, 0) is 39.8 Å². The molecular weight excluding hydrogens is 256 g/mol. The molecule has 20 heavy (non-hydrogen) atoms. The molecule has 0 aliphatic heterocycles. The summed E-state index contributed by atoms with van der Waals surface area (Å²) < 4.78 is 5.73. The van der Waals surface area contributed by atoms with Crippen LogP contribution in [0, 0.1) is 0 Å². The van der Waals surface area contributed by atoms with Crippen LogP contribution in [-0.2, 0) is 0 Å². The summed E-state index contributed by atoms with van der Waals surface area (Å²) in [5.41, 5.74) is 6.04. The highest BCUT2D eigenvalue weighted by Crippen LogP contribution is 2.26. The van der Waals surface area contributed by atoms with Gasteiger partial charge in [0.25, 0.3) is 0 Å². The Labute approximate surface area is 118 Å². The van der Waals surface area contributed by atoms with Crippen LogP contribution in [0.5, 0.6) is 5.88 Å². The molecular formula is C13H20N6O. The van der Waals surface area contributed by atoms with Crippen LogP contribution in [0.15, 0.2) is 18.5 Å². The van der Waals surface area contributed by atoms with Gasteiger partial charge in [-0.3, -0.25) is 5.10 Å². The molecule has 0 saturated carbocycles. The lowest BCUT2D eigenvalue weighted by molar-refractivity contribution is 0.125. The van der Waals surface area contributed by atoms with E-state index in [0.717, 1.165) is 5.82 Å². The first-order chi connectivity index (χ1) is 9.35. The third-order valence-electron chi connectivity index (χ3n) is 2.50. The molecule has 2 aromatic rings. The van der Waals surface area contributed by atoms with Crippen LogP contribution < -0.4 is 15.8 Å². The lowest BCUT2D eigenvalue weighted by Crippen LogP contribution is -2.24. The topological polar surface area (TPSA) is 102 Å². The molecule has 0 fully saturated rings. The Balaban J connectivity index is 2.15. The maximum atomic E-state index is 5.88. The van der Waals surface area contributed by atoms with Gasteiger partial charge in [0.05, 0.1) is 11.7 Å². The number of aromatic amines is 1. The van der Waals surface area contributed by atoms with E-state index in [1.54, 1.807) is 12.1 Å². The summed E-state index contributed by atoms with van der Waals surface area (Å²) in [5.74, 6) is 1.83. The molecule has 0 amide bonds. The van der Waals surface area contributed by atoms with Gasteiger partial charge >= 0.3 is 0 Å². The number of hydrogen-bond donors (Lipinski definition) is 3. The normalized spacial score (nSPS) is 13.0. The molecule has 1 atom stereocenters. The third kappa shape index (κ3) is 3.59. The summed E-state index contributed by atoms with van der Waals surface area (Å²) in [6.07, 6.45) is 1.47. The number of anilines is 2. The van der Waals surface area contributed by atoms with Gasteiger partial charge in [-0.2, -0.15) is 10.1 Å². The summed E-state index contributed by atoms with van der Waals surface area (Å²) in [7, 11) is 0. The molecule has 0 radical (unpaired) electrons. The summed E-state index contributed by atoms with van der Waals surface area (Å²) in [6.45, 7) is 7.81. The van der Waals surface area contributed by atoms with Crippen LogP contribution >= 0.6 is 0 Å². The zero-order valence-electron chi connectivity index (χ0n) is 12.1. The number of pyridine rings is 1. The predicted octanol–water partition coefficient (Wildman–Crippen LogP) is 2.13. The lowest BCUT2D eigenvalue weighted by atomic mass is 10.2. The maximum Gasteiger partial charge on any atom is 0.239 e. The second-order valence-corrected chi connectivity index (χ2v) is 5.54. The SMILES string of the molecule is CC(Nc1ccc(N)c(OC(C)(C)C)n1)c1ncn[nH]1. The number of rotatable bonds is 4. The molecule has 1 unspecified atom stereocenters. The van der Waals surface area contributed by atoms with Crippen molar-refractivity contribution >= 4 is 11.5 Å². The van der Waals surface area contributed by atoms with Gasteiger partial charge in [0, 0.05) is 0 Å². The summed E-state index contributed by atoms with van der Waals surface area (Å²) in [5, 5.41) is 9.86. The second-order valence-electron chi connectivity index (χ2n) is 5.54. The van der Waals surface area contributed by atoms with Gasteiger partial charge < -0.3 is 15.8 Å². The van der Waals surface area contributed by atoms with Crippen molar-refractivity contribution in [1.82, 2.24) is 20.2 Å². The molecule has 108 valence electrons. The molecule has 0 spiro atoms. The Kier molecular flexibility index (Phi) is 3.78. The minimum Gasteiger partial charge on any atom is -0.470 e. The number of nitrogens with one attached hydrogen (secondary N) is 2. The average molecular weight is 276 g/mol. The predicted molar refractivity (Wildman–Crippen MR) is 77.5 cm³/mol. The van der Waals surface area contributed by atoms with Crippen molar-refractivity contribution in [3.63, 3.8) is 0 Å². The van der Waals surface area contributed by atoms with E-state index in [0.29, 0.717) is 17.4 Å². The first kappa shape index (κ1) is 14.1. The number of hydrogen-bond acceptors (Lipinski definition) is 6. The zero-order valence-corrected chi connectivity index (χ0v) is 12.1. The molecule has 0 bridgehead atoms. The summed E-state index contributed by atoms with van der Waals surface area (Å²) in [4.78, 5) is 8.49. The van der Waals surface area contributed by atoms with E-state index in [-0.39, 0.29) is 11.6 Å². The number of nitrogen functional groups attached to an aromatic ring is 1. The summed E-state index contributed by atoms with van der Waals surface area (Å²) >= 11 is 0. The number of H-pyrrole nitrogens is 1. The van der Waals surface area contributed by atoms with Gasteiger partial charge in [0.2, 0.25) is 5.88 Å².